The normalized spacial score (nSPS) is 27.3. The number of aromatic nitrogens is 3. The standard InChI is InChI=1S/C28H36N4O/c1-15-12-19(33-6)10-11-20(15)25-17(3)31-32-26(21-8-7-9-23(21)29-27(25)32)30-24-14-18-13-22(16(24)2)28(18,4)5/h10-12,16,18,22,24,30H,7-9,13-14H2,1-6H3/t16-,18-,22+,24-/m0/s1. The zero-order valence-electron chi connectivity index (χ0n) is 20.8. The third kappa shape index (κ3) is 2.97. The Morgan fingerprint density at radius 2 is 1.97 bits per heavy atom. The van der Waals surface area contributed by atoms with Gasteiger partial charge in [-0.05, 0) is 92.4 Å². The molecule has 5 nitrogen and oxygen atoms in total. The van der Waals surface area contributed by atoms with Crippen LogP contribution in [0.2, 0.25) is 0 Å². The zero-order chi connectivity index (χ0) is 23.1. The molecule has 0 saturated heterocycles. The Balaban J connectivity index is 1.46. The number of nitrogens with zero attached hydrogens (tertiary/aromatic N) is 3. The minimum Gasteiger partial charge on any atom is -0.497 e. The Hall–Kier alpha value is -2.56. The molecule has 4 atom stereocenters. The van der Waals surface area contributed by atoms with Gasteiger partial charge in [-0.1, -0.05) is 26.8 Å². The molecule has 5 heteroatoms. The highest BCUT2D eigenvalue weighted by Gasteiger charge is 2.56. The Labute approximate surface area is 196 Å². The van der Waals surface area contributed by atoms with E-state index in [1.807, 2.05) is 6.07 Å². The number of rotatable bonds is 4. The van der Waals surface area contributed by atoms with E-state index >= 15 is 0 Å². The van der Waals surface area contributed by atoms with Crippen LogP contribution in [0.15, 0.2) is 18.2 Å². The largest absolute Gasteiger partial charge is 0.497 e. The molecule has 0 unspecified atom stereocenters. The molecule has 4 aliphatic rings. The van der Waals surface area contributed by atoms with Crippen LogP contribution in [-0.4, -0.2) is 27.7 Å². The highest BCUT2D eigenvalue weighted by Crippen LogP contribution is 2.61. The van der Waals surface area contributed by atoms with Gasteiger partial charge in [0.15, 0.2) is 5.65 Å². The summed E-state index contributed by atoms with van der Waals surface area (Å²) in [6.07, 6.45) is 5.99. The number of methoxy groups -OCH3 is 1. The van der Waals surface area contributed by atoms with Crippen molar-refractivity contribution in [2.24, 2.45) is 23.2 Å². The molecule has 33 heavy (non-hydrogen) atoms. The van der Waals surface area contributed by atoms with E-state index in [0.29, 0.717) is 17.4 Å². The third-order valence-corrected chi connectivity index (χ3v) is 9.34. The molecule has 3 aromatic rings. The van der Waals surface area contributed by atoms with Gasteiger partial charge in [-0.25, -0.2) is 4.98 Å². The topological polar surface area (TPSA) is 51.5 Å². The molecule has 0 aliphatic heterocycles. The molecule has 1 aromatic carbocycles. The highest BCUT2D eigenvalue weighted by molar-refractivity contribution is 5.83. The summed E-state index contributed by atoms with van der Waals surface area (Å²) < 4.78 is 7.56. The van der Waals surface area contributed by atoms with Gasteiger partial charge in [0.2, 0.25) is 0 Å². The maximum Gasteiger partial charge on any atom is 0.165 e. The molecule has 0 amide bonds. The van der Waals surface area contributed by atoms with Crippen LogP contribution in [-0.2, 0) is 12.8 Å². The van der Waals surface area contributed by atoms with E-state index in [1.165, 1.54) is 47.5 Å². The van der Waals surface area contributed by atoms with Crippen molar-refractivity contribution in [2.75, 3.05) is 12.4 Å². The predicted molar refractivity (Wildman–Crippen MR) is 133 cm³/mol. The van der Waals surface area contributed by atoms with E-state index in [2.05, 4.69) is 56.6 Å². The van der Waals surface area contributed by atoms with Crippen molar-refractivity contribution in [3.63, 3.8) is 0 Å². The Morgan fingerprint density at radius 1 is 1.15 bits per heavy atom. The number of benzene rings is 1. The zero-order valence-corrected chi connectivity index (χ0v) is 20.8. The minimum atomic E-state index is 0.495. The van der Waals surface area contributed by atoms with Crippen molar-refractivity contribution in [3.05, 3.63) is 40.7 Å². The van der Waals surface area contributed by atoms with Crippen molar-refractivity contribution in [1.82, 2.24) is 14.6 Å². The van der Waals surface area contributed by atoms with E-state index in [-0.39, 0.29) is 0 Å². The monoisotopic (exact) mass is 444 g/mol. The van der Waals surface area contributed by atoms with Gasteiger partial charge >= 0.3 is 0 Å². The fourth-order valence-corrected chi connectivity index (χ4v) is 7.16. The summed E-state index contributed by atoms with van der Waals surface area (Å²) in [6, 6.07) is 6.80. The molecule has 2 aromatic heterocycles. The number of anilines is 1. The van der Waals surface area contributed by atoms with E-state index in [4.69, 9.17) is 14.8 Å². The van der Waals surface area contributed by atoms with Crippen LogP contribution in [0.3, 0.4) is 0 Å². The molecule has 4 aliphatic carbocycles. The quantitative estimate of drug-likeness (QED) is 0.537. The van der Waals surface area contributed by atoms with Gasteiger partial charge in [0.25, 0.3) is 0 Å². The first-order valence-corrected chi connectivity index (χ1v) is 12.6. The van der Waals surface area contributed by atoms with Crippen LogP contribution >= 0.6 is 0 Å². The minimum absolute atomic E-state index is 0.495. The SMILES string of the molecule is COc1ccc(-c2c(C)nn3c(N[C@H]4C[C@@H]5C[C@H]([C@@H]4C)C5(C)C)c4c(nc23)CCC4)c(C)c1. The number of nitrogens with one attached hydrogen (secondary N) is 1. The second kappa shape index (κ2) is 7.22. The van der Waals surface area contributed by atoms with Crippen LogP contribution in [0.5, 0.6) is 5.75 Å². The Bertz CT molecular complexity index is 1260. The molecule has 3 fully saturated rings. The number of ether oxygens (including phenoxy) is 1. The average molecular weight is 445 g/mol. The van der Waals surface area contributed by atoms with Gasteiger partial charge in [0.1, 0.15) is 11.6 Å². The molecule has 0 spiro atoms. The lowest BCUT2D eigenvalue weighted by Gasteiger charge is -2.62. The summed E-state index contributed by atoms with van der Waals surface area (Å²) >= 11 is 0. The molecule has 2 bridgehead atoms. The molecule has 174 valence electrons. The first kappa shape index (κ1) is 21.0. The first-order chi connectivity index (χ1) is 15.8. The summed E-state index contributed by atoms with van der Waals surface area (Å²) in [4.78, 5) is 5.19. The van der Waals surface area contributed by atoms with E-state index < -0.39 is 0 Å². The van der Waals surface area contributed by atoms with Crippen LogP contribution in [0, 0.1) is 37.0 Å². The Morgan fingerprint density at radius 3 is 2.67 bits per heavy atom. The van der Waals surface area contributed by atoms with Gasteiger partial charge in [-0.3, -0.25) is 0 Å². The molecule has 0 radical (unpaired) electrons. The lowest BCUT2D eigenvalue weighted by Crippen LogP contribution is -2.58. The summed E-state index contributed by atoms with van der Waals surface area (Å²) in [7, 11) is 1.72. The molecular formula is C28H36N4O. The van der Waals surface area contributed by atoms with Crippen LogP contribution in [0.4, 0.5) is 5.82 Å². The van der Waals surface area contributed by atoms with Crippen molar-refractivity contribution < 1.29 is 4.74 Å². The Kier molecular flexibility index (Phi) is 4.59. The van der Waals surface area contributed by atoms with E-state index in [0.717, 1.165) is 47.3 Å². The number of hydrogen-bond donors (Lipinski definition) is 1. The summed E-state index contributed by atoms with van der Waals surface area (Å²) in [5.74, 6) is 4.40. The maximum absolute atomic E-state index is 5.44. The molecular weight excluding hydrogens is 408 g/mol. The molecule has 2 heterocycles. The number of hydrogen-bond acceptors (Lipinski definition) is 4. The fourth-order valence-electron chi connectivity index (χ4n) is 7.16. The predicted octanol–water partition coefficient (Wildman–Crippen LogP) is 5.99. The second-order valence-electron chi connectivity index (χ2n) is 11.3. The van der Waals surface area contributed by atoms with Crippen LogP contribution < -0.4 is 10.1 Å². The van der Waals surface area contributed by atoms with Crippen molar-refractivity contribution >= 4 is 11.5 Å². The smallest absolute Gasteiger partial charge is 0.165 e. The van der Waals surface area contributed by atoms with E-state index in [9.17, 15) is 0 Å². The van der Waals surface area contributed by atoms with Crippen LogP contribution in [0.25, 0.3) is 16.8 Å². The highest BCUT2D eigenvalue weighted by atomic mass is 16.5. The number of aryl methyl sites for hydroxylation is 3. The molecule has 3 saturated carbocycles. The van der Waals surface area contributed by atoms with Crippen molar-refractivity contribution in [2.45, 2.75) is 72.8 Å². The molecule has 1 N–H and O–H groups in total. The van der Waals surface area contributed by atoms with Crippen molar-refractivity contribution in [1.29, 1.82) is 0 Å². The molecule has 7 rings (SSSR count). The van der Waals surface area contributed by atoms with Crippen molar-refractivity contribution in [3.8, 4) is 16.9 Å². The number of fused-ring (bicyclic) bond motifs is 4. The van der Waals surface area contributed by atoms with Gasteiger partial charge in [0.05, 0.1) is 12.8 Å². The van der Waals surface area contributed by atoms with Gasteiger partial charge in [-0.2, -0.15) is 9.61 Å². The average Bonchev–Trinajstić information content (AvgIpc) is 3.38. The lowest BCUT2D eigenvalue weighted by molar-refractivity contribution is -0.105. The second-order valence-corrected chi connectivity index (χ2v) is 11.3. The summed E-state index contributed by atoms with van der Waals surface area (Å²) in [5.41, 5.74) is 8.67. The first-order valence-electron chi connectivity index (χ1n) is 12.6. The maximum atomic E-state index is 5.44. The van der Waals surface area contributed by atoms with Crippen LogP contribution in [0.1, 0.15) is 62.5 Å². The van der Waals surface area contributed by atoms with Gasteiger partial charge in [0, 0.05) is 22.9 Å². The summed E-state index contributed by atoms with van der Waals surface area (Å²) in [6.45, 7) is 11.7. The third-order valence-electron chi connectivity index (χ3n) is 9.34. The van der Waals surface area contributed by atoms with E-state index in [1.54, 1.807) is 7.11 Å². The van der Waals surface area contributed by atoms with Gasteiger partial charge in [-0.15, -0.1) is 0 Å². The summed E-state index contributed by atoms with van der Waals surface area (Å²) in [5, 5.41) is 9.10. The van der Waals surface area contributed by atoms with Gasteiger partial charge < -0.3 is 10.1 Å². The lowest BCUT2D eigenvalue weighted by atomic mass is 9.45. The fraction of sp³-hybridized carbons (Fsp3) is 0.571.